The van der Waals surface area contributed by atoms with E-state index in [1.165, 1.54) is 11.3 Å². The van der Waals surface area contributed by atoms with Gasteiger partial charge in [-0.3, -0.25) is 0 Å². The van der Waals surface area contributed by atoms with Gasteiger partial charge in [-0.1, -0.05) is 11.6 Å². The highest BCUT2D eigenvalue weighted by molar-refractivity contribution is 9.10. The molecule has 0 aliphatic carbocycles. The Morgan fingerprint density at radius 2 is 2.31 bits per heavy atom. The summed E-state index contributed by atoms with van der Waals surface area (Å²) in [5.41, 5.74) is 0. The lowest BCUT2D eigenvalue weighted by atomic mass is 10.4. The molecule has 0 atom stereocenters. The van der Waals surface area contributed by atoms with Gasteiger partial charge >= 0.3 is 0 Å². The summed E-state index contributed by atoms with van der Waals surface area (Å²) < 4.78 is 3.73. The lowest BCUT2D eigenvalue weighted by Crippen LogP contribution is -1.90. The van der Waals surface area contributed by atoms with E-state index in [0.717, 1.165) is 19.6 Å². The molecular formula is C8H6BrClN2S. The number of thiophene rings is 1. The van der Waals surface area contributed by atoms with Crippen LogP contribution in [0.15, 0.2) is 22.9 Å². The molecule has 2 rings (SSSR count). The fourth-order valence-electron chi connectivity index (χ4n) is 1.05. The summed E-state index contributed by atoms with van der Waals surface area (Å²) in [4.78, 5) is 5.35. The number of aromatic nitrogens is 2. The lowest BCUT2D eigenvalue weighted by Gasteiger charge is -1.97. The number of hydrogen-bond acceptors (Lipinski definition) is 2. The summed E-state index contributed by atoms with van der Waals surface area (Å²) in [5, 5.41) is 0. The van der Waals surface area contributed by atoms with Gasteiger partial charge in [0.25, 0.3) is 0 Å². The SMILES string of the molecule is Cn1c(Br)cnc1-c1ccc(Cl)s1. The zero-order chi connectivity index (χ0) is 9.42. The Balaban J connectivity index is 2.52. The summed E-state index contributed by atoms with van der Waals surface area (Å²) in [7, 11) is 1.96. The van der Waals surface area contributed by atoms with E-state index in [9.17, 15) is 0 Å². The van der Waals surface area contributed by atoms with Crippen LogP contribution in [0, 0.1) is 0 Å². The molecule has 0 bridgehead atoms. The van der Waals surface area contributed by atoms with E-state index in [4.69, 9.17) is 11.6 Å². The third-order valence-corrected chi connectivity index (χ3v) is 3.69. The first-order valence-electron chi connectivity index (χ1n) is 3.61. The van der Waals surface area contributed by atoms with Crippen molar-refractivity contribution in [3.8, 4) is 10.7 Å². The molecule has 0 saturated carbocycles. The van der Waals surface area contributed by atoms with Crippen molar-refractivity contribution in [2.24, 2.45) is 7.05 Å². The van der Waals surface area contributed by atoms with Crippen LogP contribution in [0.5, 0.6) is 0 Å². The number of hydrogen-bond donors (Lipinski definition) is 0. The van der Waals surface area contributed by atoms with Gasteiger partial charge in [-0.25, -0.2) is 4.98 Å². The predicted molar refractivity (Wildman–Crippen MR) is 59.2 cm³/mol. The molecule has 2 aromatic heterocycles. The maximum absolute atomic E-state index is 5.84. The highest BCUT2D eigenvalue weighted by Crippen LogP contribution is 2.30. The van der Waals surface area contributed by atoms with Crippen molar-refractivity contribution in [1.82, 2.24) is 9.55 Å². The molecule has 13 heavy (non-hydrogen) atoms. The predicted octanol–water partition coefficient (Wildman–Crippen LogP) is 3.56. The molecule has 2 nitrogen and oxygen atoms in total. The summed E-state index contributed by atoms with van der Waals surface area (Å²) in [6.45, 7) is 0. The van der Waals surface area contributed by atoms with Crippen molar-refractivity contribution in [2.45, 2.75) is 0 Å². The Labute approximate surface area is 93.3 Å². The van der Waals surface area contributed by atoms with Gasteiger partial charge in [0.2, 0.25) is 0 Å². The molecule has 68 valence electrons. The number of imidazole rings is 1. The minimum Gasteiger partial charge on any atom is -0.321 e. The monoisotopic (exact) mass is 276 g/mol. The molecule has 0 fully saturated rings. The fourth-order valence-corrected chi connectivity index (χ4v) is 2.40. The van der Waals surface area contributed by atoms with Gasteiger partial charge in [0.05, 0.1) is 15.4 Å². The number of halogens is 2. The van der Waals surface area contributed by atoms with Crippen molar-refractivity contribution < 1.29 is 0 Å². The lowest BCUT2D eigenvalue weighted by molar-refractivity contribution is 0.904. The van der Waals surface area contributed by atoms with Gasteiger partial charge in [-0.15, -0.1) is 11.3 Å². The molecular weight excluding hydrogens is 272 g/mol. The Hall–Kier alpha value is -0.320. The van der Waals surface area contributed by atoms with Gasteiger partial charge in [0, 0.05) is 7.05 Å². The molecule has 0 radical (unpaired) electrons. The average Bonchev–Trinajstić information content (AvgIpc) is 2.62. The standard InChI is InChI=1S/C8H6BrClN2S/c1-12-6(9)4-11-8(12)5-2-3-7(10)13-5/h2-4H,1H3. The summed E-state index contributed by atoms with van der Waals surface area (Å²) in [5.74, 6) is 0.934. The molecule has 2 aromatic rings. The second kappa shape index (κ2) is 3.44. The topological polar surface area (TPSA) is 17.8 Å². The van der Waals surface area contributed by atoms with Crippen LogP contribution in [0.4, 0.5) is 0 Å². The second-order valence-electron chi connectivity index (χ2n) is 2.57. The van der Waals surface area contributed by atoms with Crippen LogP contribution in [0.25, 0.3) is 10.7 Å². The normalized spacial score (nSPS) is 10.7. The van der Waals surface area contributed by atoms with Gasteiger partial charge in [-0.2, -0.15) is 0 Å². The zero-order valence-corrected chi connectivity index (χ0v) is 9.95. The van der Waals surface area contributed by atoms with Crippen LogP contribution in [-0.4, -0.2) is 9.55 Å². The fraction of sp³-hybridized carbons (Fsp3) is 0.125. The molecule has 0 amide bonds. The third-order valence-electron chi connectivity index (χ3n) is 1.73. The van der Waals surface area contributed by atoms with Gasteiger partial charge in [0.15, 0.2) is 5.82 Å². The van der Waals surface area contributed by atoms with Crippen molar-refractivity contribution in [2.75, 3.05) is 0 Å². The number of nitrogens with zero attached hydrogens (tertiary/aromatic N) is 2. The summed E-state index contributed by atoms with van der Waals surface area (Å²) in [6.07, 6.45) is 1.78. The molecule has 0 aromatic carbocycles. The molecule has 5 heteroatoms. The van der Waals surface area contributed by atoms with Crippen LogP contribution < -0.4 is 0 Å². The van der Waals surface area contributed by atoms with E-state index in [-0.39, 0.29) is 0 Å². The minimum atomic E-state index is 0.786. The summed E-state index contributed by atoms with van der Waals surface area (Å²) in [6, 6.07) is 3.85. The van der Waals surface area contributed by atoms with E-state index in [2.05, 4.69) is 20.9 Å². The summed E-state index contributed by atoms with van der Waals surface area (Å²) >= 11 is 10.8. The van der Waals surface area contributed by atoms with Crippen LogP contribution >= 0.6 is 38.9 Å². The van der Waals surface area contributed by atoms with E-state index < -0.39 is 0 Å². The van der Waals surface area contributed by atoms with Crippen LogP contribution in [-0.2, 0) is 7.05 Å². The van der Waals surface area contributed by atoms with Crippen LogP contribution in [0.1, 0.15) is 0 Å². The first-order chi connectivity index (χ1) is 6.18. The smallest absolute Gasteiger partial charge is 0.150 e. The van der Waals surface area contributed by atoms with Gasteiger partial charge < -0.3 is 4.57 Å². The van der Waals surface area contributed by atoms with Crippen molar-refractivity contribution in [1.29, 1.82) is 0 Å². The minimum absolute atomic E-state index is 0.786. The van der Waals surface area contributed by atoms with Crippen molar-refractivity contribution in [3.63, 3.8) is 0 Å². The Morgan fingerprint density at radius 3 is 2.77 bits per heavy atom. The Kier molecular flexibility index (Phi) is 2.45. The molecule has 0 spiro atoms. The number of rotatable bonds is 1. The quantitative estimate of drug-likeness (QED) is 0.779. The Bertz CT molecular complexity index is 435. The first kappa shape index (κ1) is 9.24. The van der Waals surface area contributed by atoms with E-state index in [1.807, 2.05) is 23.7 Å². The Morgan fingerprint density at radius 1 is 1.54 bits per heavy atom. The molecule has 0 aliphatic rings. The molecule has 0 saturated heterocycles. The largest absolute Gasteiger partial charge is 0.321 e. The maximum Gasteiger partial charge on any atom is 0.150 e. The van der Waals surface area contributed by atoms with Crippen molar-refractivity contribution in [3.05, 3.63) is 27.3 Å². The maximum atomic E-state index is 5.84. The van der Waals surface area contributed by atoms with Crippen LogP contribution in [0.2, 0.25) is 4.34 Å². The first-order valence-corrected chi connectivity index (χ1v) is 5.60. The van der Waals surface area contributed by atoms with Gasteiger partial charge in [-0.05, 0) is 28.1 Å². The van der Waals surface area contributed by atoms with E-state index in [0.29, 0.717) is 0 Å². The third kappa shape index (κ3) is 1.66. The molecule has 0 unspecified atom stereocenters. The molecule has 0 N–H and O–H groups in total. The average molecular weight is 278 g/mol. The van der Waals surface area contributed by atoms with Crippen molar-refractivity contribution >= 4 is 38.9 Å². The van der Waals surface area contributed by atoms with E-state index >= 15 is 0 Å². The highest BCUT2D eigenvalue weighted by Gasteiger charge is 2.08. The second-order valence-corrected chi connectivity index (χ2v) is 5.09. The molecule has 0 aliphatic heterocycles. The van der Waals surface area contributed by atoms with Gasteiger partial charge in [0.1, 0.15) is 4.60 Å². The molecule has 2 heterocycles. The highest BCUT2D eigenvalue weighted by atomic mass is 79.9. The van der Waals surface area contributed by atoms with Crippen LogP contribution in [0.3, 0.4) is 0 Å². The zero-order valence-electron chi connectivity index (χ0n) is 6.79. The van der Waals surface area contributed by atoms with E-state index in [1.54, 1.807) is 6.20 Å².